The lowest BCUT2D eigenvalue weighted by molar-refractivity contribution is 0.448. The predicted octanol–water partition coefficient (Wildman–Crippen LogP) is 2.21. The molecule has 26 heavy (non-hydrogen) atoms. The molecule has 6 nitrogen and oxygen atoms in total. The average Bonchev–Trinajstić information content (AvgIpc) is 2.61. The maximum Gasteiger partial charge on any atom is 0.482 e. The molecule has 0 saturated carbocycles. The molecule has 3 rings (SSSR count). The molecule has 0 aliphatic rings. The molecule has 3 aromatic rings. The first-order chi connectivity index (χ1) is 12.4. The molecule has 0 unspecified atom stereocenters. The van der Waals surface area contributed by atoms with Gasteiger partial charge in [-0.2, -0.15) is 0 Å². The third kappa shape index (κ3) is 4.54. The van der Waals surface area contributed by atoms with Crippen molar-refractivity contribution in [3.8, 4) is 0 Å². The number of hydrogen-bond acceptors (Lipinski definition) is 5. The summed E-state index contributed by atoms with van der Waals surface area (Å²) in [6.07, 6.45) is 0. The van der Waals surface area contributed by atoms with Crippen LogP contribution in [0.3, 0.4) is 0 Å². The number of nitrogens with zero attached hydrogens (tertiary/aromatic N) is 1. The van der Waals surface area contributed by atoms with Crippen molar-refractivity contribution in [3.05, 3.63) is 66.7 Å². The molecule has 0 aliphatic carbocycles. The van der Waals surface area contributed by atoms with Gasteiger partial charge in [0.05, 0.1) is 4.90 Å². The van der Waals surface area contributed by atoms with E-state index < -0.39 is 10.0 Å². The highest BCUT2D eigenvalue weighted by atomic mass is 32.2. The van der Waals surface area contributed by atoms with Crippen LogP contribution in [0.25, 0.3) is 10.8 Å². The van der Waals surface area contributed by atoms with Crippen molar-refractivity contribution in [2.24, 2.45) is 0 Å². The van der Waals surface area contributed by atoms with E-state index in [-0.39, 0.29) is 12.6 Å². The Labute approximate surface area is 154 Å². The lowest BCUT2D eigenvalue weighted by Crippen LogP contribution is -2.14. The summed E-state index contributed by atoms with van der Waals surface area (Å²) in [7, 11) is 0.234. The maximum absolute atomic E-state index is 12.8. The van der Waals surface area contributed by atoms with Crippen LogP contribution in [0.5, 0.6) is 0 Å². The second kappa shape index (κ2) is 8.71. The van der Waals surface area contributed by atoms with Gasteiger partial charge < -0.3 is 14.9 Å². The van der Waals surface area contributed by atoms with Gasteiger partial charge in [-0.15, -0.1) is 0 Å². The van der Waals surface area contributed by atoms with Crippen molar-refractivity contribution in [1.29, 1.82) is 0 Å². The van der Waals surface area contributed by atoms with Gasteiger partial charge in [0.25, 0.3) is 10.0 Å². The van der Waals surface area contributed by atoms with Crippen molar-refractivity contribution < 1.29 is 18.5 Å². The van der Waals surface area contributed by atoms with Crippen molar-refractivity contribution in [1.82, 2.24) is 0 Å². The molecule has 3 aromatic carbocycles. The van der Waals surface area contributed by atoms with E-state index in [1.54, 1.807) is 36.4 Å². The highest BCUT2D eigenvalue weighted by Crippen LogP contribution is 2.30. The zero-order valence-electron chi connectivity index (χ0n) is 14.5. The Kier molecular flexibility index (Phi) is 6.62. The van der Waals surface area contributed by atoms with Gasteiger partial charge in [0.15, 0.2) is 0 Å². The Morgan fingerprint density at radius 3 is 2.04 bits per heavy atom. The van der Waals surface area contributed by atoms with Gasteiger partial charge in [-0.3, -0.25) is 4.72 Å². The topological polar surface area (TPSA) is 89.9 Å². The molecule has 0 heterocycles. The molecule has 135 valence electrons. The Balaban J connectivity index is 0.000000758. The molecule has 0 atom stereocenters. The smallest absolute Gasteiger partial charge is 0.429 e. The highest BCUT2D eigenvalue weighted by Gasteiger charge is 2.18. The van der Waals surface area contributed by atoms with Crippen molar-refractivity contribution in [3.63, 3.8) is 0 Å². The van der Waals surface area contributed by atoms with Gasteiger partial charge in [0.2, 0.25) is 0 Å². The Hall–Kier alpha value is -2.55. The van der Waals surface area contributed by atoms with Gasteiger partial charge >= 0.3 is 7.69 Å². The summed E-state index contributed by atoms with van der Waals surface area (Å²) >= 11 is 0. The molecule has 0 aliphatic heterocycles. The third-order valence-corrected chi connectivity index (χ3v) is 5.10. The molecular weight excluding hydrogens is 351 g/mol. The van der Waals surface area contributed by atoms with Crippen LogP contribution < -0.4 is 9.62 Å². The molecule has 0 bridgehead atoms. The van der Waals surface area contributed by atoms with Crippen LogP contribution in [0, 0.1) is 0 Å². The van der Waals surface area contributed by atoms with E-state index in [1.807, 2.05) is 49.3 Å². The second-order valence-electron chi connectivity index (χ2n) is 5.61. The molecule has 1 radical (unpaired) electrons. The second-order valence-corrected chi connectivity index (χ2v) is 7.26. The Morgan fingerprint density at radius 2 is 1.42 bits per heavy atom. The molecule has 0 fully saturated rings. The van der Waals surface area contributed by atoms with Crippen LogP contribution in [-0.4, -0.2) is 40.2 Å². The van der Waals surface area contributed by atoms with E-state index in [9.17, 15) is 8.42 Å². The van der Waals surface area contributed by atoms with E-state index in [0.29, 0.717) is 11.1 Å². The first kappa shape index (κ1) is 19.8. The summed E-state index contributed by atoms with van der Waals surface area (Å²) < 4.78 is 28.2. The standard InChI is InChI=1S/C18H18N2O2S.BH2O2/c1-20(2)17-12-6-11-16-15(17)10-7-13-18(16)23(21,22)19-14-8-4-3-5-9-14;2-1-3/h3-13,19H,1-2H3;2-3H. The van der Waals surface area contributed by atoms with Gasteiger partial charge in [0.1, 0.15) is 0 Å². The Morgan fingerprint density at radius 1 is 0.846 bits per heavy atom. The van der Waals surface area contributed by atoms with Gasteiger partial charge in [0, 0.05) is 36.2 Å². The average molecular weight is 371 g/mol. The lowest BCUT2D eigenvalue weighted by atomic mass is 10.1. The summed E-state index contributed by atoms with van der Waals surface area (Å²) in [4.78, 5) is 2.26. The summed E-state index contributed by atoms with van der Waals surface area (Å²) in [6.45, 7) is 0. The third-order valence-electron chi connectivity index (χ3n) is 3.66. The first-order valence-corrected chi connectivity index (χ1v) is 9.26. The summed E-state index contributed by atoms with van der Waals surface area (Å²) in [5.74, 6) is 0. The Bertz CT molecular complexity index is 963. The fourth-order valence-corrected chi connectivity index (χ4v) is 3.89. The number of sulfonamides is 1. The lowest BCUT2D eigenvalue weighted by Gasteiger charge is -2.17. The van der Waals surface area contributed by atoms with Crippen LogP contribution in [0.1, 0.15) is 0 Å². The minimum Gasteiger partial charge on any atom is -0.429 e. The van der Waals surface area contributed by atoms with Crippen LogP contribution in [0.15, 0.2) is 71.6 Å². The number of para-hydroxylation sites is 1. The van der Waals surface area contributed by atoms with E-state index in [1.165, 1.54) is 0 Å². The number of rotatable bonds is 4. The number of hydrogen-bond donors (Lipinski definition) is 3. The predicted molar refractivity (Wildman–Crippen MR) is 106 cm³/mol. The number of fused-ring (bicyclic) bond motifs is 1. The van der Waals surface area contributed by atoms with Gasteiger partial charge in [-0.25, -0.2) is 8.42 Å². The number of benzene rings is 3. The van der Waals surface area contributed by atoms with Gasteiger partial charge in [-0.05, 0) is 24.3 Å². The number of anilines is 2. The van der Waals surface area contributed by atoms with Crippen LogP contribution in [0.2, 0.25) is 0 Å². The van der Waals surface area contributed by atoms with E-state index in [4.69, 9.17) is 10.0 Å². The minimum absolute atomic E-state index is 0. The SMILES string of the molecule is CN(C)c1cccc2c(S(=O)(=O)Nc3ccccc3)cccc12.O[B]O. The van der Waals surface area contributed by atoms with E-state index in [2.05, 4.69) is 4.72 Å². The molecule has 8 heteroatoms. The fourth-order valence-electron chi connectivity index (χ4n) is 2.61. The van der Waals surface area contributed by atoms with Crippen molar-refractivity contribution >= 4 is 39.9 Å². The van der Waals surface area contributed by atoms with Crippen LogP contribution in [0.4, 0.5) is 11.4 Å². The molecule has 0 aromatic heterocycles. The van der Waals surface area contributed by atoms with Crippen LogP contribution in [-0.2, 0) is 10.0 Å². The highest BCUT2D eigenvalue weighted by molar-refractivity contribution is 7.93. The first-order valence-electron chi connectivity index (χ1n) is 7.77. The molecule has 0 amide bonds. The maximum atomic E-state index is 12.8. The van der Waals surface area contributed by atoms with Crippen molar-refractivity contribution in [2.45, 2.75) is 4.90 Å². The molecular formula is C18H20BN2O4S. The molecule has 0 spiro atoms. The zero-order valence-corrected chi connectivity index (χ0v) is 15.3. The van der Waals surface area contributed by atoms with Gasteiger partial charge in [-0.1, -0.05) is 42.5 Å². The summed E-state index contributed by atoms with van der Waals surface area (Å²) in [5, 5.41) is 15.6. The largest absolute Gasteiger partial charge is 0.482 e. The van der Waals surface area contributed by atoms with Crippen LogP contribution >= 0.6 is 0 Å². The quantitative estimate of drug-likeness (QED) is 0.612. The van der Waals surface area contributed by atoms with E-state index in [0.717, 1.165) is 11.1 Å². The van der Waals surface area contributed by atoms with E-state index >= 15 is 0 Å². The zero-order chi connectivity index (χ0) is 19.2. The minimum atomic E-state index is -3.65. The fraction of sp³-hybridized carbons (Fsp3) is 0.111. The molecule has 3 N–H and O–H groups in total. The summed E-state index contributed by atoms with van der Waals surface area (Å²) in [6, 6.07) is 19.9. The molecule has 0 saturated heterocycles. The summed E-state index contributed by atoms with van der Waals surface area (Å²) in [5.41, 5.74) is 1.53. The monoisotopic (exact) mass is 371 g/mol. The number of nitrogens with one attached hydrogen (secondary N) is 1. The van der Waals surface area contributed by atoms with Crippen molar-refractivity contribution in [2.75, 3.05) is 23.7 Å². The normalized spacial score (nSPS) is 10.6.